The second-order valence-electron chi connectivity index (χ2n) is 12.8. The Morgan fingerprint density at radius 1 is 0.864 bits per heavy atom. The topological polar surface area (TPSA) is 109 Å². The zero-order valence-electron chi connectivity index (χ0n) is 25.4. The molecule has 9 nitrogen and oxygen atoms in total. The molecule has 2 fully saturated rings. The predicted octanol–water partition coefficient (Wildman–Crippen LogP) is 6.24. The minimum Gasteiger partial charge on any atom is -0.456 e. The van der Waals surface area contributed by atoms with Gasteiger partial charge in [-0.15, -0.1) is 0 Å². The molecule has 0 spiro atoms. The molecule has 2 aliphatic rings. The molecule has 3 aromatic carbocycles. The van der Waals surface area contributed by atoms with Gasteiger partial charge in [0.2, 0.25) is 15.9 Å². The monoisotopic (exact) mass is 617 g/mol. The average molecular weight is 618 g/mol. The van der Waals surface area contributed by atoms with Gasteiger partial charge in [0, 0.05) is 48.4 Å². The van der Waals surface area contributed by atoms with Crippen LogP contribution in [0.1, 0.15) is 58.1 Å². The molecule has 2 amide bonds. The van der Waals surface area contributed by atoms with Gasteiger partial charge in [-0.2, -0.15) is 0 Å². The molecule has 0 radical (unpaired) electrons. The van der Waals surface area contributed by atoms with Gasteiger partial charge in [-0.25, -0.2) is 17.9 Å². The molecule has 4 aromatic rings. The van der Waals surface area contributed by atoms with Crippen LogP contribution in [0.2, 0.25) is 0 Å². The number of furan rings is 1. The molecular formula is C34H39N3O6S. The number of piperazine rings is 1. The Hall–Kier alpha value is -3.89. The van der Waals surface area contributed by atoms with Crippen molar-refractivity contribution in [1.82, 2.24) is 14.5 Å². The number of fused-ring (bicyclic) bond motifs is 3. The average Bonchev–Trinajstić information content (AvgIpc) is 3.38. The number of nitrogens with one attached hydrogen (secondary N) is 1. The zero-order valence-corrected chi connectivity index (χ0v) is 26.2. The first kappa shape index (κ1) is 30.1. The number of carbonyl (C=O) groups is 2. The van der Waals surface area contributed by atoms with Crippen molar-refractivity contribution in [3.05, 3.63) is 78.4 Å². The molecule has 0 bridgehead atoms. The van der Waals surface area contributed by atoms with Crippen LogP contribution in [0, 0.1) is 5.92 Å². The highest BCUT2D eigenvalue weighted by Crippen LogP contribution is 2.34. The third-order valence-corrected chi connectivity index (χ3v) is 10.1. The Morgan fingerprint density at radius 2 is 1.55 bits per heavy atom. The maximum Gasteiger partial charge on any atom is 0.410 e. The zero-order chi connectivity index (χ0) is 31.1. The number of hydrogen-bond acceptors (Lipinski definition) is 6. The van der Waals surface area contributed by atoms with Crippen LogP contribution in [0.5, 0.6) is 0 Å². The molecule has 1 aliphatic heterocycles. The minimum absolute atomic E-state index is 0.0549. The standard InChI is InChI=1S/C34H39N3O6S/c1-34(2,3)43-33(39)36-19-20-37(29(22-36)23-9-5-4-6-10-23)32(38)24-13-15-25(16-14-24)35-44(40,41)26-17-18-28-27-11-7-8-12-30(27)42-31(28)21-26/h4-12,17-18,21,24-25,29,35H,13-16,19-20,22H2,1-3H3/t24-,25-,29-/m1/s1. The first-order chi connectivity index (χ1) is 21.0. The second kappa shape index (κ2) is 11.9. The summed E-state index contributed by atoms with van der Waals surface area (Å²) in [4.78, 5) is 30.5. The SMILES string of the molecule is CC(C)(C)OC(=O)N1CCN(C(=O)[C@H]2CC[C@H](NS(=O)(=O)c3ccc4c(c3)oc3ccccc34)CC2)[C@@H](c2ccccc2)C1. The number of sulfonamides is 1. The van der Waals surface area contributed by atoms with Crippen LogP contribution in [0.25, 0.3) is 21.9 Å². The normalized spacial score (nSPS) is 21.5. The quantitative estimate of drug-likeness (QED) is 0.284. The summed E-state index contributed by atoms with van der Waals surface area (Å²) in [5.41, 5.74) is 1.61. The van der Waals surface area contributed by atoms with E-state index in [0.717, 1.165) is 16.3 Å². The molecule has 44 heavy (non-hydrogen) atoms. The van der Waals surface area contributed by atoms with Crippen LogP contribution in [0.4, 0.5) is 4.79 Å². The maximum absolute atomic E-state index is 13.9. The number of rotatable bonds is 5. The minimum atomic E-state index is -3.77. The number of carbonyl (C=O) groups excluding carboxylic acids is 2. The Balaban J connectivity index is 1.11. The van der Waals surface area contributed by atoms with E-state index in [1.807, 2.05) is 80.3 Å². The molecule has 232 valence electrons. The lowest BCUT2D eigenvalue weighted by Gasteiger charge is -2.43. The van der Waals surface area contributed by atoms with E-state index in [4.69, 9.17) is 9.15 Å². The summed E-state index contributed by atoms with van der Waals surface area (Å²) >= 11 is 0. The smallest absolute Gasteiger partial charge is 0.410 e. The van der Waals surface area contributed by atoms with E-state index in [9.17, 15) is 18.0 Å². The van der Waals surface area contributed by atoms with Crippen molar-refractivity contribution in [2.45, 2.75) is 69.0 Å². The van der Waals surface area contributed by atoms with E-state index in [0.29, 0.717) is 56.5 Å². The summed E-state index contributed by atoms with van der Waals surface area (Å²) in [5.74, 6) is -0.152. The van der Waals surface area contributed by atoms with Crippen molar-refractivity contribution in [2.75, 3.05) is 19.6 Å². The van der Waals surface area contributed by atoms with Crippen molar-refractivity contribution in [3.63, 3.8) is 0 Å². The number of benzene rings is 3. The van der Waals surface area contributed by atoms with E-state index in [1.54, 1.807) is 23.1 Å². The Kier molecular flexibility index (Phi) is 8.15. The fourth-order valence-electron chi connectivity index (χ4n) is 6.35. The maximum atomic E-state index is 13.9. The fraction of sp³-hybridized carbons (Fsp3) is 0.412. The van der Waals surface area contributed by atoms with E-state index >= 15 is 0 Å². The summed E-state index contributed by atoms with van der Waals surface area (Å²) in [7, 11) is -3.77. The van der Waals surface area contributed by atoms with E-state index in [-0.39, 0.29) is 34.9 Å². The van der Waals surface area contributed by atoms with Gasteiger partial charge in [-0.1, -0.05) is 48.5 Å². The fourth-order valence-corrected chi connectivity index (χ4v) is 7.67. The van der Waals surface area contributed by atoms with Gasteiger partial charge in [0.25, 0.3) is 0 Å². The summed E-state index contributed by atoms with van der Waals surface area (Å²) in [6, 6.07) is 21.8. The molecule has 1 aliphatic carbocycles. The summed E-state index contributed by atoms with van der Waals surface area (Å²) < 4.78 is 41.0. The third-order valence-electron chi connectivity index (χ3n) is 8.56. The van der Waals surface area contributed by atoms with Gasteiger partial charge in [0.15, 0.2) is 0 Å². The van der Waals surface area contributed by atoms with Gasteiger partial charge in [0.1, 0.15) is 16.8 Å². The molecule has 6 rings (SSSR count). The van der Waals surface area contributed by atoms with Gasteiger partial charge in [-0.05, 0) is 70.2 Å². The van der Waals surface area contributed by atoms with Crippen LogP contribution >= 0.6 is 0 Å². The van der Waals surface area contributed by atoms with Crippen LogP contribution in [0.3, 0.4) is 0 Å². The van der Waals surface area contributed by atoms with Gasteiger partial charge < -0.3 is 19.0 Å². The lowest BCUT2D eigenvalue weighted by Crippen LogP contribution is -2.54. The highest BCUT2D eigenvalue weighted by molar-refractivity contribution is 7.89. The second-order valence-corrected chi connectivity index (χ2v) is 14.5. The Morgan fingerprint density at radius 3 is 2.27 bits per heavy atom. The van der Waals surface area contributed by atoms with Crippen molar-refractivity contribution in [2.24, 2.45) is 5.92 Å². The van der Waals surface area contributed by atoms with Crippen molar-refractivity contribution >= 4 is 44.0 Å². The van der Waals surface area contributed by atoms with Crippen LogP contribution < -0.4 is 4.72 Å². The van der Waals surface area contributed by atoms with Crippen LogP contribution in [-0.2, 0) is 19.6 Å². The van der Waals surface area contributed by atoms with E-state index < -0.39 is 15.6 Å². The van der Waals surface area contributed by atoms with Crippen LogP contribution in [0.15, 0.2) is 82.1 Å². The highest BCUT2D eigenvalue weighted by atomic mass is 32.2. The molecule has 1 saturated carbocycles. The number of amides is 2. The molecule has 1 N–H and O–H groups in total. The number of para-hydroxylation sites is 1. The predicted molar refractivity (Wildman–Crippen MR) is 168 cm³/mol. The third kappa shape index (κ3) is 6.32. The first-order valence-corrected chi connectivity index (χ1v) is 16.7. The molecule has 1 aromatic heterocycles. The Bertz CT molecular complexity index is 1770. The molecule has 0 unspecified atom stereocenters. The summed E-state index contributed by atoms with van der Waals surface area (Å²) in [5, 5.41) is 1.82. The van der Waals surface area contributed by atoms with Gasteiger partial charge in [0.05, 0.1) is 10.9 Å². The molecule has 1 saturated heterocycles. The van der Waals surface area contributed by atoms with E-state index in [2.05, 4.69) is 4.72 Å². The molecule has 2 heterocycles. The van der Waals surface area contributed by atoms with E-state index in [1.165, 1.54) is 0 Å². The molecule has 10 heteroatoms. The van der Waals surface area contributed by atoms with Crippen molar-refractivity contribution < 1.29 is 27.2 Å². The number of nitrogens with zero attached hydrogens (tertiary/aromatic N) is 2. The van der Waals surface area contributed by atoms with Crippen molar-refractivity contribution in [3.8, 4) is 0 Å². The van der Waals surface area contributed by atoms with Crippen LogP contribution in [-0.4, -0.2) is 61.5 Å². The molecule has 1 atom stereocenters. The lowest BCUT2D eigenvalue weighted by atomic mass is 9.85. The summed E-state index contributed by atoms with van der Waals surface area (Å²) in [6.07, 6.45) is 1.93. The van der Waals surface area contributed by atoms with Crippen molar-refractivity contribution in [1.29, 1.82) is 0 Å². The summed E-state index contributed by atoms with van der Waals surface area (Å²) in [6.45, 7) is 6.69. The highest BCUT2D eigenvalue weighted by Gasteiger charge is 2.39. The molecular weight excluding hydrogens is 578 g/mol. The lowest BCUT2D eigenvalue weighted by molar-refractivity contribution is -0.142. The first-order valence-electron chi connectivity index (χ1n) is 15.3. The number of ether oxygens (including phenoxy) is 1. The van der Waals surface area contributed by atoms with Gasteiger partial charge in [-0.3, -0.25) is 4.79 Å². The largest absolute Gasteiger partial charge is 0.456 e. The van der Waals surface area contributed by atoms with Gasteiger partial charge >= 0.3 is 6.09 Å². The number of hydrogen-bond donors (Lipinski definition) is 1. The Labute approximate surface area is 258 Å².